The first kappa shape index (κ1) is 22.6. The van der Waals surface area contributed by atoms with Gasteiger partial charge in [-0.05, 0) is 65.9 Å². The number of aliphatic hydroxyl groups is 2. The van der Waals surface area contributed by atoms with E-state index in [1.165, 1.54) is 12.1 Å². The van der Waals surface area contributed by atoms with Gasteiger partial charge in [0.1, 0.15) is 24.5 Å². The minimum atomic E-state index is -1.15. The topological polar surface area (TPSA) is 68.6 Å². The molecule has 0 amide bonds. The summed E-state index contributed by atoms with van der Waals surface area (Å²) in [6.45, 7) is -0.225. The Bertz CT molecular complexity index is 1080. The van der Waals surface area contributed by atoms with Gasteiger partial charge >= 0.3 is 0 Å². The van der Waals surface area contributed by atoms with E-state index in [1.54, 1.807) is 12.3 Å². The van der Waals surface area contributed by atoms with Gasteiger partial charge in [0.05, 0.1) is 6.10 Å². The van der Waals surface area contributed by atoms with Gasteiger partial charge in [-0.15, -0.1) is 0 Å². The molecule has 2 unspecified atom stereocenters. The Morgan fingerprint density at radius 1 is 1.12 bits per heavy atom. The number of pyridine rings is 1. The molecule has 168 valence electrons. The van der Waals surface area contributed by atoms with Crippen LogP contribution in [0.25, 0.3) is 0 Å². The monoisotopic (exact) mass is 459 g/mol. The van der Waals surface area contributed by atoms with Gasteiger partial charge in [0.25, 0.3) is 0 Å². The Morgan fingerprint density at radius 3 is 2.75 bits per heavy atom. The molecule has 4 rings (SSSR count). The second-order valence-corrected chi connectivity index (χ2v) is 8.28. The number of alkyl halides is 1. The van der Waals surface area contributed by atoms with E-state index in [2.05, 4.69) is 15.2 Å². The number of fused-ring (bicyclic) bond motifs is 1. The molecule has 2 atom stereocenters. The molecule has 0 bridgehead atoms. The lowest BCUT2D eigenvalue weighted by Crippen LogP contribution is -2.31. The van der Waals surface area contributed by atoms with Gasteiger partial charge in [0, 0.05) is 35.6 Å². The van der Waals surface area contributed by atoms with E-state index in [0.29, 0.717) is 30.0 Å². The third-order valence-corrected chi connectivity index (χ3v) is 5.72. The van der Waals surface area contributed by atoms with Crippen molar-refractivity contribution in [1.29, 1.82) is 0 Å². The molecule has 0 saturated heterocycles. The van der Waals surface area contributed by atoms with Crippen LogP contribution >= 0.6 is 11.6 Å². The van der Waals surface area contributed by atoms with Crippen molar-refractivity contribution in [3.63, 3.8) is 0 Å². The van der Waals surface area contributed by atoms with Crippen LogP contribution in [-0.4, -0.2) is 41.1 Å². The Morgan fingerprint density at radius 2 is 1.97 bits per heavy atom. The highest BCUT2D eigenvalue weighted by molar-refractivity contribution is 6.30. The van der Waals surface area contributed by atoms with E-state index >= 15 is 0 Å². The van der Waals surface area contributed by atoms with Crippen molar-refractivity contribution in [1.82, 2.24) is 10.3 Å². The Balaban J connectivity index is 1.55. The number of aromatic nitrogens is 1. The maximum Gasteiger partial charge on any atom is 0.133 e. The molecule has 1 aromatic heterocycles. The van der Waals surface area contributed by atoms with E-state index in [9.17, 15) is 19.0 Å². The highest BCUT2D eigenvalue weighted by atomic mass is 35.5. The van der Waals surface area contributed by atoms with E-state index in [4.69, 9.17) is 11.6 Å². The van der Waals surface area contributed by atoms with Gasteiger partial charge in [-0.2, -0.15) is 0 Å². The second kappa shape index (κ2) is 9.92. The summed E-state index contributed by atoms with van der Waals surface area (Å²) in [6.07, 6.45) is 0.789. The lowest BCUT2D eigenvalue weighted by Gasteiger charge is -2.21. The standard InChI is InChI=1S/C24H24ClF2N3O2/c25-17-9-16(10-18(27)12-17)8-15-4-6-28-23(11-15)30-7-5-20-21(2-1-3-22(20)30)24(32)29-14-19(31)13-26/h1-4,6,9-12,19,24,29,31-32H,5,7-8,13-14H2. The molecule has 1 aliphatic rings. The lowest BCUT2D eigenvalue weighted by molar-refractivity contribution is 0.0893. The molecule has 8 heteroatoms. The van der Waals surface area contributed by atoms with Gasteiger partial charge in [-0.25, -0.2) is 13.8 Å². The fourth-order valence-electron chi connectivity index (χ4n) is 4.03. The van der Waals surface area contributed by atoms with Crippen molar-refractivity contribution < 1.29 is 19.0 Å². The summed E-state index contributed by atoms with van der Waals surface area (Å²) in [5.41, 5.74) is 4.37. The molecule has 2 aromatic carbocycles. The van der Waals surface area contributed by atoms with Crippen molar-refractivity contribution in [3.8, 4) is 0 Å². The zero-order valence-corrected chi connectivity index (χ0v) is 18.1. The smallest absolute Gasteiger partial charge is 0.133 e. The Kier molecular flexibility index (Phi) is 7.01. The summed E-state index contributed by atoms with van der Waals surface area (Å²) >= 11 is 5.98. The highest BCUT2D eigenvalue weighted by Gasteiger charge is 2.26. The molecule has 0 radical (unpaired) electrons. The predicted molar refractivity (Wildman–Crippen MR) is 121 cm³/mol. The molecule has 5 nitrogen and oxygen atoms in total. The van der Waals surface area contributed by atoms with Crippen molar-refractivity contribution in [3.05, 3.63) is 87.8 Å². The molecular formula is C24H24ClF2N3O2. The van der Waals surface area contributed by atoms with Crippen LogP contribution in [0, 0.1) is 5.82 Å². The van der Waals surface area contributed by atoms with Crippen LogP contribution in [0.5, 0.6) is 0 Å². The molecule has 32 heavy (non-hydrogen) atoms. The number of nitrogens with one attached hydrogen (secondary N) is 1. The highest BCUT2D eigenvalue weighted by Crippen LogP contribution is 2.37. The normalized spacial score (nSPS) is 15.0. The van der Waals surface area contributed by atoms with Crippen LogP contribution in [0.2, 0.25) is 5.02 Å². The summed E-state index contributed by atoms with van der Waals surface area (Å²) in [5, 5.41) is 23.1. The minimum Gasteiger partial charge on any atom is -0.389 e. The van der Waals surface area contributed by atoms with E-state index < -0.39 is 19.0 Å². The van der Waals surface area contributed by atoms with Crippen LogP contribution in [0.1, 0.15) is 28.5 Å². The third kappa shape index (κ3) is 5.07. The van der Waals surface area contributed by atoms with E-state index in [1.807, 2.05) is 30.3 Å². The first-order valence-corrected chi connectivity index (χ1v) is 10.8. The Hall–Kier alpha value is -2.58. The van der Waals surface area contributed by atoms with Gasteiger partial charge in [0.15, 0.2) is 0 Å². The second-order valence-electron chi connectivity index (χ2n) is 7.84. The Labute approximate surface area is 190 Å². The molecule has 0 fully saturated rings. The number of anilines is 2. The van der Waals surface area contributed by atoms with Crippen molar-refractivity contribution in [2.24, 2.45) is 0 Å². The minimum absolute atomic E-state index is 0.0429. The maximum absolute atomic E-state index is 13.7. The van der Waals surface area contributed by atoms with Crippen molar-refractivity contribution in [2.75, 3.05) is 24.7 Å². The van der Waals surface area contributed by atoms with Crippen molar-refractivity contribution >= 4 is 23.1 Å². The van der Waals surface area contributed by atoms with Gasteiger partial charge in [-0.1, -0.05) is 23.7 Å². The zero-order chi connectivity index (χ0) is 22.7. The number of halogens is 3. The molecule has 3 aromatic rings. The number of rotatable bonds is 8. The first-order valence-electron chi connectivity index (χ1n) is 10.4. The van der Waals surface area contributed by atoms with Gasteiger partial charge < -0.3 is 15.1 Å². The van der Waals surface area contributed by atoms with Crippen LogP contribution < -0.4 is 10.2 Å². The van der Waals surface area contributed by atoms with Gasteiger partial charge in [0.2, 0.25) is 0 Å². The number of benzene rings is 2. The fourth-order valence-corrected chi connectivity index (χ4v) is 4.28. The number of aliphatic hydroxyl groups excluding tert-OH is 2. The molecular weight excluding hydrogens is 436 g/mol. The summed E-state index contributed by atoms with van der Waals surface area (Å²) in [4.78, 5) is 6.59. The zero-order valence-electron chi connectivity index (χ0n) is 17.3. The van der Waals surface area contributed by atoms with E-state index in [-0.39, 0.29) is 12.4 Å². The average Bonchev–Trinajstić information content (AvgIpc) is 3.21. The molecule has 1 aliphatic heterocycles. The molecule has 0 saturated carbocycles. The molecule has 0 aliphatic carbocycles. The number of hydrogen-bond donors (Lipinski definition) is 3. The average molecular weight is 460 g/mol. The SMILES string of the molecule is OC(CF)CNC(O)c1cccc2c1CCN2c1cc(Cc2cc(F)cc(Cl)c2)ccn1. The largest absolute Gasteiger partial charge is 0.389 e. The summed E-state index contributed by atoms with van der Waals surface area (Å²) in [6, 6.07) is 14.0. The van der Waals surface area contributed by atoms with Crippen LogP contribution in [-0.2, 0) is 12.8 Å². The van der Waals surface area contributed by atoms with Crippen LogP contribution in [0.3, 0.4) is 0 Å². The van der Waals surface area contributed by atoms with Crippen molar-refractivity contribution in [2.45, 2.75) is 25.2 Å². The van der Waals surface area contributed by atoms with Crippen LogP contribution in [0.15, 0.2) is 54.7 Å². The molecule has 2 heterocycles. The third-order valence-electron chi connectivity index (χ3n) is 5.50. The predicted octanol–water partition coefficient (Wildman–Crippen LogP) is 4.07. The van der Waals surface area contributed by atoms with Gasteiger partial charge in [-0.3, -0.25) is 5.32 Å². The summed E-state index contributed by atoms with van der Waals surface area (Å²) < 4.78 is 26.2. The quantitative estimate of drug-likeness (QED) is 0.443. The lowest BCUT2D eigenvalue weighted by atomic mass is 10.0. The maximum atomic E-state index is 13.7. The number of hydrogen-bond acceptors (Lipinski definition) is 5. The fraction of sp³-hybridized carbons (Fsp3) is 0.292. The number of nitrogens with zero attached hydrogens (tertiary/aromatic N) is 2. The molecule has 3 N–H and O–H groups in total. The van der Waals surface area contributed by atoms with Crippen LogP contribution in [0.4, 0.5) is 20.3 Å². The first-order chi connectivity index (χ1) is 15.4. The summed E-state index contributed by atoms with van der Waals surface area (Å²) in [7, 11) is 0. The van der Waals surface area contributed by atoms with E-state index in [0.717, 1.165) is 28.2 Å². The molecule has 0 spiro atoms. The summed E-state index contributed by atoms with van der Waals surface area (Å²) in [5.74, 6) is 0.394.